The SMILES string of the molecule is C1=CC2[C@H]3C(c4ccccc4)=CC1C=C(c1ccccc1)[C@H]23. The van der Waals surface area contributed by atoms with Crippen LogP contribution in [0.15, 0.2) is 85.0 Å². The Kier molecular flexibility index (Phi) is 2.54. The summed E-state index contributed by atoms with van der Waals surface area (Å²) in [5, 5.41) is 0. The maximum absolute atomic E-state index is 2.48. The van der Waals surface area contributed by atoms with Crippen LogP contribution < -0.4 is 0 Å². The summed E-state index contributed by atoms with van der Waals surface area (Å²) in [6.45, 7) is 0. The third-order valence-electron chi connectivity index (χ3n) is 5.31. The average Bonchev–Trinajstić information content (AvgIpc) is 3.34. The van der Waals surface area contributed by atoms with E-state index in [9.17, 15) is 0 Å². The fourth-order valence-corrected chi connectivity index (χ4v) is 4.27. The second kappa shape index (κ2) is 4.58. The molecule has 1 saturated carbocycles. The van der Waals surface area contributed by atoms with E-state index in [1.54, 1.807) is 11.1 Å². The van der Waals surface area contributed by atoms with E-state index in [0.29, 0.717) is 23.7 Å². The Hall–Kier alpha value is -2.34. The molecule has 0 saturated heterocycles. The molecule has 0 radical (unpaired) electrons. The maximum atomic E-state index is 2.48. The molecule has 0 aromatic heterocycles. The molecule has 6 rings (SSSR count). The molecule has 0 unspecified atom stereocenters. The van der Waals surface area contributed by atoms with Crippen molar-refractivity contribution in [3.8, 4) is 0 Å². The van der Waals surface area contributed by atoms with Crippen LogP contribution in [0.4, 0.5) is 0 Å². The lowest BCUT2D eigenvalue weighted by molar-refractivity contribution is 1.01. The van der Waals surface area contributed by atoms with Crippen LogP contribution >= 0.6 is 0 Å². The van der Waals surface area contributed by atoms with Crippen molar-refractivity contribution in [2.45, 2.75) is 0 Å². The van der Waals surface area contributed by atoms with Crippen molar-refractivity contribution in [3.05, 3.63) is 96.1 Å². The normalized spacial score (nSPS) is 31.1. The van der Waals surface area contributed by atoms with Crippen LogP contribution in [0.3, 0.4) is 0 Å². The van der Waals surface area contributed by atoms with E-state index in [4.69, 9.17) is 0 Å². The van der Waals surface area contributed by atoms with Crippen LogP contribution in [-0.2, 0) is 0 Å². The second-order valence-corrected chi connectivity index (χ2v) is 6.57. The zero-order chi connectivity index (χ0) is 14.5. The molecule has 2 aromatic rings. The molecule has 4 bridgehead atoms. The van der Waals surface area contributed by atoms with Crippen LogP contribution in [0.25, 0.3) is 11.1 Å². The topological polar surface area (TPSA) is 0 Å². The van der Waals surface area contributed by atoms with Crippen molar-refractivity contribution in [2.75, 3.05) is 0 Å². The number of rotatable bonds is 2. The van der Waals surface area contributed by atoms with Gasteiger partial charge in [0.2, 0.25) is 0 Å². The Bertz CT molecular complexity index is 729. The standard InChI is InChI=1S/C22H18/c1-3-7-16(8-4-1)19-13-15-11-12-18-21(19)22(18)20(14-15)17-9-5-2-6-10-17/h1-15,18,21-22H/t15?,18?,21-,22-/m0/s1. The van der Waals surface area contributed by atoms with Gasteiger partial charge in [0.05, 0.1) is 0 Å². The smallest absolute Gasteiger partial charge is 0.0139 e. The maximum Gasteiger partial charge on any atom is 0.0139 e. The summed E-state index contributed by atoms with van der Waals surface area (Å²) in [6.07, 6.45) is 9.81. The highest BCUT2D eigenvalue weighted by atomic mass is 14.6. The van der Waals surface area contributed by atoms with Gasteiger partial charge in [-0.3, -0.25) is 0 Å². The van der Waals surface area contributed by atoms with Gasteiger partial charge in [0.15, 0.2) is 0 Å². The third-order valence-corrected chi connectivity index (χ3v) is 5.31. The molecule has 4 aliphatic carbocycles. The minimum Gasteiger partial charge on any atom is -0.0833 e. The van der Waals surface area contributed by atoms with Gasteiger partial charge in [-0.15, -0.1) is 0 Å². The molecule has 2 atom stereocenters. The fourth-order valence-electron chi connectivity index (χ4n) is 4.27. The van der Waals surface area contributed by atoms with Crippen molar-refractivity contribution in [1.29, 1.82) is 0 Å². The molecule has 0 amide bonds. The van der Waals surface area contributed by atoms with Crippen LogP contribution in [0.2, 0.25) is 0 Å². The first-order valence-electron chi connectivity index (χ1n) is 8.14. The van der Waals surface area contributed by atoms with E-state index in [0.717, 1.165) is 0 Å². The highest BCUT2D eigenvalue weighted by Crippen LogP contribution is 2.63. The lowest BCUT2D eigenvalue weighted by atomic mass is 9.97. The van der Waals surface area contributed by atoms with Gasteiger partial charge < -0.3 is 0 Å². The minimum atomic E-state index is 0.436. The molecule has 0 heteroatoms. The van der Waals surface area contributed by atoms with Crippen molar-refractivity contribution >= 4 is 11.1 Å². The van der Waals surface area contributed by atoms with Crippen LogP contribution in [0, 0.1) is 23.7 Å². The van der Waals surface area contributed by atoms with Gasteiger partial charge >= 0.3 is 0 Å². The van der Waals surface area contributed by atoms with Gasteiger partial charge in [0, 0.05) is 5.92 Å². The van der Waals surface area contributed by atoms with Crippen LogP contribution in [-0.4, -0.2) is 0 Å². The number of hydrogen-bond acceptors (Lipinski definition) is 0. The molecule has 106 valence electrons. The average molecular weight is 282 g/mol. The monoisotopic (exact) mass is 282 g/mol. The van der Waals surface area contributed by atoms with Gasteiger partial charge in [-0.2, -0.15) is 0 Å². The molecular formula is C22H18. The largest absolute Gasteiger partial charge is 0.0833 e. The highest BCUT2D eigenvalue weighted by molar-refractivity contribution is 5.83. The molecule has 0 nitrogen and oxygen atoms in total. The predicted molar refractivity (Wildman–Crippen MR) is 91.9 cm³/mol. The summed E-state index contributed by atoms with van der Waals surface area (Å²) in [4.78, 5) is 0. The first kappa shape index (κ1) is 12.2. The molecule has 0 aliphatic heterocycles. The molecule has 4 aliphatic rings. The summed E-state index contributed by atoms with van der Waals surface area (Å²) in [5.41, 5.74) is 5.90. The number of hydrogen-bond donors (Lipinski definition) is 0. The summed E-state index contributed by atoms with van der Waals surface area (Å²) in [6, 6.07) is 21.8. The van der Waals surface area contributed by atoms with Gasteiger partial charge in [0.1, 0.15) is 0 Å². The highest BCUT2D eigenvalue weighted by Gasteiger charge is 2.54. The zero-order valence-electron chi connectivity index (χ0n) is 12.4. The van der Waals surface area contributed by atoms with Gasteiger partial charge in [-0.05, 0) is 40.0 Å². The van der Waals surface area contributed by atoms with Crippen molar-refractivity contribution in [2.24, 2.45) is 23.7 Å². The minimum absolute atomic E-state index is 0.436. The molecule has 0 N–H and O–H groups in total. The summed E-state index contributed by atoms with van der Waals surface area (Å²) < 4.78 is 0. The summed E-state index contributed by atoms with van der Waals surface area (Å²) >= 11 is 0. The lowest BCUT2D eigenvalue weighted by Crippen LogP contribution is -1.91. The van der Waals surface area contributed by atoms with Crippen LogP contribution in [0.1, 0.15) is 11.1 Å². The van der Waals surface area contributed by atoms with E-state index in [1.165, 1.54) is 11.1 Å². The predicted octanol–water partition coefficient (Wildman–Crippen LogP) is 5.22. The molecule has 22 heavy (non-hydrogen) atoms. The van der Waals surface area contributed by atoms with Crippen molar-refractivity contribution < 1.29 is 0 Å². The first-order valence-corrected chi connectivity index (χ1v) is 8.14. The van der Waals surface area contributed by atoms with E-state index >= 15 is 0 Å². The molecule has 2 aromatic carbocycles. The zero-order valence-corrected chi connectivity index (χ0v) is 12.4. The summed E-state index contributed by atoms with van der Waals surface area (Å²) in [7, 11) is 0. The molecule has 0 heterocycles. The van der Waals surface area contributed by atoms with Crippen LogP contribution in [0.5, 0.6) is 0 Å². The third kappa shape index (κ3) is 1.77. The second-order valence-electron chi connectivity index (χ2n) is 6.57. The fraction of sp³-hybridized carbons (Fsp3) is 0.182. The van der Waals surface area contributed by atoms with E-state index in [1.807, 2.05) is 0 Å². The Labute approximate surface area is 131 Å². The van der Waals surface area contributed by atoms with Gasteiger partial charge in [-0.1, -0.05) is 85.0 Å². The quantitative estimate of drug-likeness (QED) is 0.663. The first-order chi connectivity index (χ1) is 10.9. The molecule has 0 spiro atoms. The molecular weight excluding hydrogens is 264 g/mol. The van der Waals surface area contributed by atoms with E-state index < -0.39 is 0 Å². The Morgan fingerprint density at radius 3 is 1.55 bits per heavy atom. The summed E-state index contributed by atoms with van der Waals surface area (Å²) in [5.74, 6) is 2.45. The van der Waals surface area contributed by atoms with Crippen molar-refractivity contribution in [1.82, 2.24) is 0 Å². The number of benzene rings is 2. The Morgan fingerprint density at radius 2 is 1.05 bits per heavy atom. The lowest BCUT2D eigenvalue weighted by Gasteiger charge is -2.07. The van der Waals surface area contributed by atoms with Gasteiger partial charge in [-0.25, -0.2) is 0 Å². The molecule has 1 fully saturated rings. The Morgan fingerprint density at radius 1 is 0.545 bits per heavy atom. The van der Waals surface area contributed by atoms with E-state index in [-0.39, 0.29) is 0 Å². The number of allylic oxidation sites excluding steroid dienone is 6. The Balaban J connectivity index is 1.59. The van der Waals surface area contributed by atoms with Gasteiger partial charge in [0.25, 0.3) is 0 Å². The van der Waals surface area contributed by atoms with E-state index in [2.05, 4.69) is 85.0 Å². The van der Waals surface area contributed by atoms with Crippen molar-refractivity contribution in [3.63, 3.8) is 0 Å².